The molecule has 7 heteroatoms. The molecule has 0 saturated carbocycles. The molecule has 0 spiro atoms. The Hall–Kier alpha value is -1.18. The summed E-state index contributed by atoms with van der Waals surface area (Å²) in [6.45, 7) is 4.23. The number of nitrogens with one attached hydrogen (secondary N) is 2. The molecule has 0 bridgehead atoms. The molecule has 1 aromatic rings. The maximum absolute atomic E-state index is 11.7. The maximum Gasteiger partial charge on any atom is 0.299 e. The van der Waals surface area contributed by atoms with Crippen molar-refractivity contribution in [2.75, 3.05) is 11.3 Å². The summed E-state index contributed by atoms with van der Waals surface area (Å²) < 4.78 is 28.3. The number of hydrogen-bond acceptors (Lipinski definition) is 3. The lowest BCUT2D eigenvalue weighted by Gasteiger charge is -2.11. The van der Waals surface area contributed by atoms with Crippen LogP contribution in [0.4, 0.5) is 5.69 Å². The highest BCUT2D eigenvalue weighted by atomic mass is 32.2. The van der Waals surface area contributed by atoms with Gasteiger partial charge < -0.3 is 5.73 Å². The average Bonchev–Trinajstić information content (AvgIpc) is 2.26. The molecule has 4 N–H and O–H groups in total. The Labute approximate surface area is 113 Å². The molecule has 1 aromatic carbocycles. The minimum absolute atomic E-state index is 0.228. The van der Waals surface area contributed by atoms with Crippen molar-refractivity contribution in [2.45, 2.75) is 13.8 Å². The molecule has 0 atom stereocenters. The van der Waals surface area contributed by atoms with E-state index in [9.17, 15) is 8.42 Å². The molecule has 0 aliphatic rings. The van der Waals surface area contributed by atoms with Gasteiger partial charge in [-0.3, -0.25) is 4.72 Å². The van der Waals surface area contributed by atoms with E-state index in [0.717, 1.165) is 0 Å². The van der Waals surface area contributed by atoms with Crippen molar-refractivity contribution in [1.82, 2.24) is 4.72 Å². The molecule has 0 aliphatic heterocycles. The Morgan fingerprint density at radius 1 is 1.44 bits per heavy atom. The average molecular weight is 287 g/mol. The first-order valence-corrected chi connectivity index (χ1v) is 7.36. The van der Waals surface area contributed by atoms with Gasteiger partial charge in [-0.2, -0.15) is 13.1 Å². The predicted molar refractivity (Wildman–Crippen MR) is 77.7 cm³/mol. The highest BCUT2D eigenvalue weighted by Gasteiger charge is 2.10. The van der Waals surface area contributed by atoms with Gasteiger partial charge in [-0.25, -0.2) is 0 Å². The van der Waals surface area contributed by atoms with Gasteiger partial charge in [-0.05, 0) is 18.1 Å². The van der Waals surface area contributed by atoms with Crippen LogP contribution in [0.15, 0.2) is 24.3 Å². The lowest BCUT2D eigenvalue weighted by molar-refractivity contribution is 0.565. The van der Waals surface area contributed by atoms with Gasteiger partial charge in [0.2, 0.25) is 0 Å². The number of rotatable bonds is 6. The van der Waals surface area contributed by atoms with E-state index in [4.69, 9.17) is 18.0 Å². The molecule has 18 heavy (non-hydrogen) atoms. The zero-order valence-electron chi connectivity index (χ0n) is 10.3. The number of hydrogen-bond donors (Lipinski definition) is 3. The van der Waals surface area contributed by atoms with E-state index < -0.39 is 10.2 Å². The predicted octanol–water partition coefficient (Wildman–Crippen LogP) is 1.22. The van der Waals surface area contributed by atoms with E-state index >= 15 is 0 Å². The third-order valence-corrected chi connectivity index (χ3v) is 3.37. The quantitative estimate of drug-likeness (QED) is 0.687. The molecule has 0 unspecified atom stereocenters. The van der Waals surface area contributed by atoms with Crippen molar-refractivity contribution < 1.29 is 8.42 Å². The molecule has 5 nitrogen and oxygen atoms in total. The molecule has 100 valence electrons. The third kappa shape index (κ3) is 4.99. The van der Waals surface area contributed by atoms with Crippen LogP contribution in [0.2, 0.25) is 0 Å². The Morgan fingerprint density at radius 2 is 2.11 bits per heavy atom. The van der Waals surface area contributed by atoms with E-state index in [1.807, 2.05) is 13.8 Å². The first-order chi connectivity index (χ1) is 8.30. The van der Waals surface area contributed by atoms with E-state index in [1.165, 1.54) is 0 Å². The van der Waals surface area contributed by atoms with Crippen molar-refractivity contribution >= 4 is 33.1 Å². The summed E-state index contributed by atoms with van der Waals surface area (Å²) in [6, 6.07) is 6.64. The second-order valence-electron chi connectivity index (χ2n) is 4.29. The van der Waals surface area contributed by atoms with E-state index in [0.29, 0.717) is 17.8 Å². The lowest BCUT2D eigenvalue weighted by Crippen LogP contribution is -2.32. The summed E-state index contributed by atoms with van der Waals surface area (Å²) in [5, 5.41) is 0. The largest absolute Gasteiger partial charge is 0.389 e. The van der Waals surface area contributed by atoms with Crippen LogP contribution < -0.4 is 15.2 Å². The van der Waals surface area contributed by atoms with Crippen molar-refractivity contribution in [2.24, 2.45) is 11.7 Å². The highest BCUT2D eigenvalue weighted by molar-refractivity contribution is 7.90. The molecule has 0 radical (unpaired) electrons. The first-order valence-electron chi connectivity index (χ1n) is 5.47. The monoisotopic (exact) mass is 287 g/mol. The number of nitrogens with two attached hydrogens (primary N) is 1. The molecule has 0 saturated heterocycles. The Bertz CT molecular complexity index is 527. The fourth-order valence-electron chi connectivity index (χ4n) is 1.20. The first kappa shape index (κ1) is 14.9. The fourth-order valence-corrected chi connectivity index (χ4v) is 2.39. The van der Waals surface area contributed by atoms with Crippen LogP contribution in [0.3, 0.4) is 0 Å². The van der Waals surface area contributed by atoms with Crippen LogP contribution in [0, 0.1) is 5.92 Å². The van der Waals surface area contributed by atoms with Crippen molar-refractivity contribution in [3.8, 4) is 0 Å². The third-order valence-electron chi connectivity index (χ3n) is 2.08. The summed E-state index contributed by atoms with van der Waals surface area (Å²) in [7, 11) is -3.56. The van der Waals surface area contributed by atoms with E-state index in [1.54, 1.807) is 24.3 Å². The molecule has 0 amide bonds. The van der Waals surface area contributed by atoms with Gasteiger partial charge in [0.05, 0.1) is 5.69 Å². The Morgan fingerprint density at radius 3 is 2.67 bits per heavy atom. The van der Waals surface area contributed by atoms with Crippen molar-refractivity contribution in [1.29, 1.82) is 0 Å². The van der Waals surface area contributed by atoms with Gasteiger partial charge in [-0.15, -0.1) is 0 Å². The summed E-state index contributed by atoms with van der Waals surface area (Å²) in [6.07, 6.45) is 0. The van der Waals surface area contributed by atoms with Crippen molar-refractivity contribution in [3.05, 3.63) is 29.8 Å². The summed E-state index contributed by atoms with van der Waals surface area (Å²) in [4.78, 5) is 0.228. The molecule has 0 aromatic heterocycles. The van der Waals surface area contributed by atoms with Gasteiger partial charge in [0, 0.05) is 12.1 Å². The molecule has 0 aliphatic carbocycles. The van der Waals surface area contributed by atoms with Gasteiger partial charge in [-0.1, -0.05) is 38.2 Å². The zero-order valence-corrected chi connectivity index (χ0v) is 11.9. The van der Waals surface area contributed by atoms with Gasteiger partial charge in [0.25, 0.3) is 10.2 Å². The second-order valence-corrected chi connectivity index (χ2v) is 6.23. The summed E-state index contributed by atoms with van der Waals surface area (Å²) >= 11 is 4.83. The highest BCUT2D eigenvalue weighted by Crippen LogP contribution is 2.11. The van der Waals surface area contributed by atoms with Crippen LogP contribution in [0.1, 0.15) is 19.4 Å². The van der Waals surface area contributed by atoms with Crippen LogP contribution in [-0.2, 0) is 10.2 Å². The molecule has 1 rings (SSSR count). The molecule has 0 heterocycles. The van der Waals surface area contributed by atoms with Gasteiger partial charge >= 0.3 is 0 Å². The SMILES string of the molecule is CC(C)CNS(=O)(=O)Nc1cccc(C(N)=S)c1. The van der Waals surface area contributed by atoms with Crippen LogP contribution in [0.5, 0.6) is 0 Å². The van der Waals surface area contributed by atoms with E-state index in [-0.39, 0.29) is 10.9 Å². The Kier molecular flexibility index (Phi) is 5.06. The number of anilines is 1. The number of thiocarbonyl (C=S) groups is 1. The lowest BCUT2D eigenvalue weighted by atomic mass is 10.2. The summed E-state index contributed by atoms with van der Waals surface area (Å²) in [5.74, 6) is 0.240. The zero-order chi connectivity index (χ0) is 13.8. The van der Waals surface area contributed by atoms with Crippen LogP contribution >= 0.6 is 12.2 Å². The topological polar surface area (TPSA) is 84.2 Å². The summed E-state index contributed by atoms with van der Waals surface area (Å²) in [5.41, 5.74) is 6.53. The van der Waals surface area contributed by atoms with E-state index in [2.05, 4.69) is 9.44 Å². The minimum Gasteiger partial charge on any atom is -0.389 e. The molecular weight excluding hydrogens is 270 g/mol. The van der Waals surface area contributed by atoms with Crippen LogP contribution in [-0.4, -0.2) is 20.0 Å². The van der Waals surface area contributed by atoms with Crippen molar-refractivity contribution in [3.63, 3.8) is 0 Å². The standard InChI is InChI=1S/C11H17N3O2S2/c1-8(2)7-13-18(15,16)14-10-5-3-4-9(6-10)11(12)17/h3-6,8,13-14H,7H2,1-2H3,(H2,12,17). The maximum atomic E-state index is 11.7. The van der Waals surface area contributed by atoms with Gasteiger partial charge in [0.15, 0.2) is 0 Å². The van der Waals surface area contributed by atoms with Crippen LogP contribution in [0.25, 0.3) is 0 Å². The molecule has 0 fully saturated rings. The fraction of sp³-hybridized carbons (Fsp3) is 0.364. The second kappa shape index (κ2) is 6.12. The Balaban J connectivity index is 2.78. The minimum atomic E-state index is -3.56. The normalized spacial score (nSPS) is 11.5. The number of benzene rings is 1. The molecular formula is C11H17N3O2S2. The smallest absolute Gasteiger partial charge is 0.299 e. The van der Waals surface area contributed by atoms with Gasteiger partial charge in [0.1, 0.15) is 4.99 Å².